The predicted octanol–water partition coefficient (Wildman–Crippen LogP) is 1.39. The van der Waals surface area contributed by atoms with Crippen molar-refractivity contribution >= 4 is 0 Å². The zero-order valence-electron chi connectivity index (χ0n) is 10.3. The Bertz CT molecular complexity index is 175. The predicted molar refractivity (Wildman–Crippen MR) is 66.6 cm³/mol. The van der Waals surface area contributed by atoms with Crippen molar-refractivity contribution in [2.24, 2.45) is 11.8 Å². The summed E-state index contributed by atoms with van der Waals surface area (Å²) in [5, 5.41) is 7.00. The Hall–Kier alpha value is -0.120. The van der Waals surface area contributed by atoms with E-state index >= 15 is 0 Å². The summed E-state index contributed by atoms with van der Waals surface area (Å²) in [6, 6.07) is 0. The fourth-order valence-electron chi connectivity index (χ4n) is 2.74. The molecule has 2 rings (SSSR count). The van der Waals surface area contributed by atoms with Crippen LogP contribution >= 0.6 is 0 Å². The molecule has 16 heavy (non-hydrogen) atoms. The second-order valence-electron chi connectivity index (χ2n) is 5.27. The number of hydrogen-bond donors (Lipinski definition) is 2. The van der Waals surface area contributed by atoms with Crippen LogP contribution in [0.2, 0.25) is 0 Å². The fourth-order valence-corrected chi connectivity index (χ4v) is 2.74. The molecule has 0 spiro atoms. The molecule has 3 nitrogen and oxygen atoms in total. The molecule has 0 radical (unpaired) electrons. The Balaban J connectivity index is 1.42. The molecule has 0 saturated carbocycles. The van der Waals surface area contributed by atoms with E-state index in [2.05, 4.69) is 10.6 Å². The SMILES string of the molecule is C(CNCC1CCOC1)CC1CCNCC1. The zero-order valence-corrected chi connectivity index (χ0v) is 10.3. The zero-order chi connectivity index (χ0) is 11.1. The van der Waals surface area contributed by atoms with Crippen LogP contribution in [0.15, 0.2) is 0 Å². The van der Waals surface area contributed by atoms with Gasteiger partial charge in [0.25, 0.3) is 0 Å². The highest BCUT2D eigenvalue weighted by Crippen LogP contribution is 2.17. The molecule has 2 saturated heterocycles. The van der Waals surface area contributed by atoms with Crippen LogP contribution in [0.25, 0.3) is 0 Å². The molecule has 2 fully saturated rings. The Morgan fingerprint density at radius 2 is 2.00 bits per heavy atom. The molecule has 0 aromatic rings. The summed E-state index contributed by atoms with van der Waals surface area (Å²) in [7, 11) is 0. The average molecular weight is 226 g/mol. The maximum Gasteiger partial charge on any atom is 0.0507 e. The first-order chi connectivity index (χ1) is 7.95. The average Bonchev–Trinajstić information content (AvgIpc) is 2.83. The van der Waals surface area contributed by atoms with Crippen molar-refractivity contribution in [2.45, 2.75) is 32.1 Å². The normalized spacial score (nSPS) is 27.4. The van der Waals surface area contributed by atoms with Crippen LogP contribution < -0.4 is 10.6 Å². The number of rotatable bonds is 6. The van der Waals surface area contributed by atoms with E-state index in [1.54, 1.807) is 0 Å². The van der Waals surface area contributed by atoms with Crippen LogP contribution in [0.3, 0.4) is 0 Å². The maximum atomic E-state index is 5.36. The summed E-state index contributed by atoms with van der Waals surface area (Å²) in [5.41, 5.74) is 0. The van der Waals surface area contributed by atoms with Crippen molar-refractivity contribution in [3.05, 3.63) is 0 Å². The lowest BCUT2D eigenvalue weighted by Gasteiger charge is -2.22. The summed E-state index contributed by atoms with van der Waals surface area (Å²) in [4.78, 5) is 0. The Labute approximate surface area is 99.3 Å². The quantitative estimate of drug-likeness (QED) is 0.672. The van der Waals surface area contributed by atoms with Crippen molar-refractivity contribution in [3.8, 4) is 0 Å². The van der Waals surface area contributed by atoms with E-state index in [1.165, 1.54) is 51.7 Å². The Morgan fingerprint density at radius 1 is 1.12 bits per heavy atom. The van der Waals surface area contributed by atoms with E-state index in [-0.39, 0.29) is 0 Å². The summed E-state index contributed by atoms with van der Waals surface area (Å²) in [6.45, 7) is 6.77. The van der Waals surface area contributed by atoms with Gasteiger partial charge in [0.2, 0.25) is 0 Å². The highest BCUT2D eigenvalue weighted by atomic mass is 16.5. The minimum absolute atomic E-state index is 0.777. The molecular formula is C13H26N2O. The van der Waals surface area contributed by atoms with Gasteiger partial charge in [-0.15, -0.1) is 0 Å². The van der Waals surface area contributed by atoms with Gasteiger partial charge in [0.05, 0.1) is 6.61 Å². The molecule has 2 heterocycles. The second kappa shape index (κ2) is 7.25. The first-order valence-corrected chi connectivity index (χ1v) is 6.94. The number of ether oxygens (including phenoxy) is 1. The second-order valence-corrected chi connectivity index (χ2v) is 5.27. The number of piperidine rings is 1. The summed E-state index contributed by atoms with van der Waals surface area (Å²) in [5.74, 6) is 1.76. The van der Waals surface area contributed by atoms with Gasteiger partial charge in [0.1, 0.15) is 0 Å². The first kappa shape index (κ1) is 12.3. The van der Waals surface area contributed by atoms with Gasteiger partial charge in [-0.25, -0.2) is 0 Å². The molecule has 0 bridgehead atoms. The van der Waals surface area contributed by atoms with E-state index in [4.69, 9.17) is 4.74 Å². The smallest absolute Gasteiger partial charge is 0.0507 e. The Kier molecular flexibility index (Phi) is 5.59. The molecule has 0 aliphatic carbocycles. The summed E-state index contributed by atoms with van der Waals surface area (Å²) < 4.78 is 5.36. The van der Waals surface area contributed by atoms with Gasteiger partial charge in [-0.3, -0.25) is 0 Å². The highest BCUT2D eigenvalue weighted by molar-refractivity contribution is 4.70. The van der Waals surface area contributed by atoms with E-state index in [1.807, 2.05) is 0 Å². The van der Waals surface area contributed by atoms with Crippen LogP contribution in [0, 0.1) is 11.8 Å². The van der Waals surface area contributed by atoms with Gasteiger partial charge in [-0.1, -0.05) is 0 Å². The molecule has 2 N–H and O–H groups in total. The third kappa shape index (κ3) is 4.40. The van der Waals surface area contributed by atoms with Gasteiger partial charge in [0, 0.05) is 13.2 Å². The van der Waals surface area contributed by atoms with Gasteiger partial charge < -0.3 is 15.4 Å². The van der Waals surface area contributed by atoms with Crippen molar-refractivity contribution in [1.82, 2.24) is 10.6 Å². The van der Waals surface area contributed by atoms with Gasteiger partial charge in [-0.2, -0.15) is 0 Å². The van der Waals surface area contributed by atoms with Crippen molar-refractivity contribution in [2.75, 3.05) is 39.4 Å². The van der Waals surface area contributed by atoms with Crippen molar-refractivity contribution in [3.63, 3.8) is 0 Å². The Morgan fingerprint density at radius 3 is 2.75 bits per heavy atom. The molecule has 1 atom stereocenters. The number of nitrogens with one attached hydrogen (secondary N) is 2. The van der Waals surface area contributed by atoms with Crippen LogP contribution in [-0.4, -0.2) is 39.4 Å². The lowest BCUT2D eigenvalue weighted by molar-refractivity contribution is 0.185. The lowest BCUT2D eigenvalue weighted by atomic mass is 9.93. The third-order valence-electron chi connectivity index (χ3n) is 3.88. The van der Waals surface area contributed by atoms with Crippen LogP contribution in [0.1, 0.15) is 32.1 Å². The maximum absolute atomic E-state index is 5.36. The monoisotopic (exact) mass is 226 g/mol. The molecule has 0 aromatic heterocycles. The standard InChI is InChI=1S/C13H26N2O/c1(2-12-3-7-14-8-4-12)6-15-10-13-5-9-16-11-13/h12-15H,1-11H2. The molecule has 0 aromatic carbocycles. The van der Waals surface area contributed by atoms with Crippen LogP contribution in [0.4, 0.5) is 0 Å². The summed E-state index contributed by atoms with van der Waals surface area (Å²) >= 11 is 0. The molecule has 0 amide bonds. The van der Waals surface area contributed by atoms with Gasteiger partial charge in [-0.05, 0) is 63.6 Å². The van der Waals surface area contributed by atoms with E-state index in [0.717, 1.165) is 31.6 Å². The largest absolute Gasteiger partial charge is 0.381 e. The number of hydrogen-bond acceptors (Lipinski definition) is 3. The third-order valence-corrected chi connectivity index (χ3v) is 3.88. The van der Waals surface area contributed by atoms with Crippen molar-refractivity contribution < 1.29 is 4.74 Å². The highest BCUT2D eigenvalue weighted by Gasteiger charge is 2.15. The molecule has 2 aliphatic heterocycles. The van der Waals surface area contributed by atoms with Crippen LogP contribution in [0.5, 0.6) is 0 Å². The molecule has 1 unspecified atom stereocenters. The molecule has 2 aliphatic rings. The van der Waals surface area contributed by atoms with E-state index in [9.17, 15) is 0 Å². The summed E-state index contributed by atoms with van der Waals surface area (Å²) in [6.07, 6.45) is 6.78. The first-order valence-electron chi connectivity index (χ1n) is 6.94. The van der Waals surface area contributed by atoms with Crippen molar-refractivity contribution in [1.29, 1.82) is 0 Å². The van der Waals surface area contributed by atoms with E-state index in [0.29, 0.717) is 0 Å². The van der Waals surface area contributed by atoms with Crippen LogP contribution in [-0.2, 0) is 4.74 Å². The lowest BCUT2D eigenvalue weighted by Crippen LogP contribution is -2.29. The molecular weight excluding hydrogens is 200 g/mol. The molecule has 3 heteroatoms. The minimum Gasteiger partial charge on any atom is -0.381 e. The van der Waals surface area contributed by atoms with Gasteiger partial charge in [0.15, 0.2) is 0 Å². The molecule has 94 valence electrons. The minimum atomic E-state index is 0.777. The fraction of sp³-hybridized carbons (Fsp3) is 1.00. The topological polar surface area (TPSA) is 33.3 Å². The van der Waals surface area contributed by atoms with E-state index < -0.39 is 0 Å². The van der Waals surface area contributed by atoms with Gasteiger partial charge >= 0.3 is 0 Å².